The molecule has 0 fully saturated rings. The number of hydrogen-bond acceptors (Lipinski definition) is 3. The third kappa shape index (κ3) is 3.06. The van der Waals surface area contributed by atoms with E-state index in [-0.39, 0.29) is 0 Å². The van der Waals surface area contributed by atoms with Crippen molar-refractivity contribution in [2.75, 3.05) is 5.88 Å². The van der Waals surface area contributed by atoms with E-state index in [1.807, 2.05) is 23.3 Å². The van der Waals surface area contributed by atoms with E-state index in [1.165, 1.54) is 0 Å². The Balaban J connectivity index is 2.01. The molecule has 2 heterocycles. The second-order valence-electron chi connectivity index (χ2n) is 3.83. The minimum absolute atomic E-state index is 0.660. The monoisotopic (exact) mass is 253 g/mol. The van der Waals surface area contributed by atoms with Gasteiger partial charge in [0.25, 0.3) is 0 Å². The van der Waals surface area contributed by atoms with Crippen LogP contribution < -0.4 is 0 Å². The van der Waals surface area contributed by atoms with E-state index >= 15 is 0 Å². The van der Waals surface area contributed by atoms with E-state index in [9.17, 15) is 0 Å². The summed E-state index contributed by atoms with van der Waals surface area (Å²) in [6.07, 6.45) is 7.56. The molecule has 0 radical (unpaired) electrons. The van der Waals surface area contributed by atoms with E-state index < -0.39 is 0 Å². The molecule has 2 aromatic heterocycles. The summed E-state index contributed by atoms with van der Waals surface area (Å²) >= 11 is 5.64. The number of imidazole rings is 1. The first kappa shape index (κ1) is 12.1. The van der Waals surface area contributed by atoms with Crippen molar-refractivity contribution in [2.24, 2.45) is 0 Å². The average Bonchev–Trinajstić information content (AvgIpc) is 2.96. The van der Waals surface area contributed by atoms with Crippen LogP contribution in [0.3, 0.4) is 0 Å². The van der Waals surface area contributed by atoms with Crippen LogP contribution in [-0.2, 0) is 19.5 Å². The second kappa shape index (κ2) is 5.82. The smallest absolute Gasteiger partial charge is 0.130 e. The van der Waals surface area contributed by atoms with Crippen LogP contribution in [0.4, 0.5) is 0 Å². The van der Waals surface area contributed by atoms with Gasteiger partial charge in [-0.25, -0.2) is 9.67 Å². The van der Waals surface area contributed by atoms with Crippen molar-refractivity contribution in [2.45, 2.75) is 32.9 Å². The molecule has 0 aliphatic rings. The summed E-state index contributed by atoms with van der Waals surface area (Å²) in [5.41, 5.74) is 0.986. The van der Waals surface area contributed by atoms with Gasteiger partial charge in [0.1, 0.15) is 12.4 Å². The predicted molar refractivity (Wildman–Crippen MR) is 66.1 cm³/mol. The normalized spacial score (nSPS) is 10.9. The summed E-state index contributed by atoms with van der Waals surface area (Å²) in [7, 11) is 0. The topological polar surface area (TPSA) is 48.5 Å². The van der Waals surface area contributed by atoms with Crippen LogP contribution >= 0.6 is 11.6 Å². The number of alkyl halides is 1. The van der Waals surface area contributed by atoms with E-state index in [2.05, 4.69) is 26.8 Å². The van der Waals surface area contributed by atoms with Gasteiger partial charge in [0.15, 0.2) is 0 Å². The molecule has 0 atom stereocenters. The van der Waals surface area contributed by atoms with Crippen LogP contribution in [0.25, 0.3) is 0 Å². The molecule has 0 amide bonds. The fourth-order valence-corrected chi connectivity index (χ4v) is 1.84. The molecule has 0 saturated heterocycles. The summed E-state index contributed by atoms with van der Waals surface area (Å²) in [5, 5.41) is 8.20. The zero-order valence-electron chi connectivity index (χ0n) is 9.88. The maximum atomic E-state index is 5.64. The molecule has 0 bridgehead atoms. The number of nitrogens with zero attached hydrogens (tertiary/aromatic N) is 5. The number of halogens is 1. The number of hydrogen-bond donors (Lipinski definition) is 0. The first-order chi connectivity index (χ1) is 8.33. The molecule has 0 unspecified atom stereocenters. The first-order valence-corrected chi connectivity index (χ1v) is 6.32. The summed E-state index contributed by atoms with van der Waals surface area (Å²) in [5.74, 6) is 1.66. The van der Waals surface area contributed by atoms with Crippen LogP contribution in [-0.4, -0.2) is 30.4 Å². The van der Waals surface area contributed by atoms with Gasteiger partial charge in [-0.3, -0.25) is 0 Å². The third-order valence-corrected chi connectivity index (χ3v) is 2.87. The van der Waals surface area contributed by atoms with Gasteiger partial charge in [0.05, 0.1) is 5.69 Å². The Kier molecular flexibility index (Phi) is 4.14. The zero-order valence-corrected chi connectivity index (χ0v) is 10.6. The van der Waals surface area contributed by atoms with E-state index in [1.54, 1.807) is 0 Å². The van der Waals surface area contributed by atoms with E-state index in [0.717, 1.165) is 30.9 Å². The van der Waals surface area contributed by atoms with Gasteiger partial charge in [0, 0.05) is 31.0 Å². The fraction of sp³-hybridized carbons (Fsp3) is 0.545. The largest absolute Gasteiger partial charge is 0.334 e. The van der Waals surface area contributed by atoms with Crippen LogP contribution in [0, 0.1) is 0 Å². The SMILES string of the molecule is CCn1ccnc1Cn1cc(CCCCl)nn1. The predicted octanol–water partition coefficient (Wildman–Crippen LogP) is 1.71. The molecule has 2 aromatic rings. The molecule has 0 spiro atoms. The Morgan fingerprint density at radius 3 is 3.06 bits per heavy atom. The fourth-order valence-electron chi connectivity index (χ4n) is 1.70. The maximum Gasteiger partial charge on any atom is 0.130 e. The van der Waals surface area contributed by atoms with E-state index in [0.29, 0.717) is 12.4 Å². The van der Waals surface area contributed by atoms with Crippen molar-refractivity contribution < 1.29 is 0 Å². The molecule has 6 heteroatoms. The van der Waals surface area contributed by atoms with Crippen molar-refractivity contribution in [1.29, 1.82) is 0 Å². The van der Waals surface area contributed by atoms with Crippen LogP contribution in [0.5, 0.6) is 0 Å². The van der Waals surface area contributed by atoms with Crippen molar-refractivity contribution in [3.8, 4) is 0 Å². The zero-order chi connectivity index (χ0) is 12.1. The molecule has 0 aromatic carbocycles. The van der Waals surface area contributed by atoms with Crippen molar-refractivity contribution in [3.05, 3.63) is 30.1 Å². The second-order valence-corrected chi connectivity index (χ2v) is 4.21. The maximum absolute atomic E-state index is 5.64. The molecule has 0 aliphatic heterocycles. The van der Waals surface area contributed by atoms with Gasteiger partial charge < -0.3 is 4.57 Å². The third-order valence-electron chi connectivity index (χ3n) is 2.60. The quantitative estimate of drug-likeness (QED) is 0.737. The molecular weight excluding hydrogens is 238 g/mol. The van der Waals surface area contributed by atoms with Crippen molar-refractivity contribution in [1.82, 2.24) is 24.5 Å². The lowest BCUT2D eigenvalue weighted by molar-refractivity contribution is 0.588. The molecule has 2 rings (SSSR count). The Morgan fingerprint density at radius 2 is 2.29 bits per heavy atom. The summed E-state index contributed by atoms with van der Waals surface area (Å²) < 4.78 is 3.91. The summed E-state index contributed by atoms with van der Waals surface area (Å²) in [6, 6.07) is 0. The highest BCUT2D eigenvalue weighted by Gasteiger charge is 2.05. The number of aromatic nitrogens is 5. The van der Waals surface area contributed by atoms with Crippen LogP contribution in [0.15, 0.2) is 18.6 Å². The average molecular weight is 254 g/mol. The minimum Gasteiger partial charge on any atom is -0.334 e. The van der Waals surface area contributed by atoms with Crippen molar-refractivity contribution >= 4 is 11.6 Å². The Bertz CT molecular complexity index is 462. The molecule has 0 aliphatic carbocycles. The lowest BCUT2D eigenvalue weighted by Crippen LogP contribution is -2.08. The number of aryl methyl sites for hydroxylation is 2. The van der Waals surface area contributed by atoms with Gasteiger partial charge in [-0.1, -0.05) is 5.21 Å². The molecule has 5 nitrogen and oxygen atoms in total. The standard InChI is InChI=1S/C11H16ClN5/c1-2-16-7-6-13-11(16)9-17-8-10(14-15-17)4-3-5-12/h6-8H,2-5,9H2,1H3. The highest BCUT2D eigenvalue weighted by molar-refractivity contribution is 6.17. The summed E-state index contributed by atoms with van der Waals surface area (Å²) in [6.45, 7) is 3.68. The Morgan fingerprint density at radius 1 is 1.41 bits per heavy atom. The summed E-state index contributed by atoms with van der Waals surface area (Å²) in [4.78, 5) is 4.31. The van der Waals surface area contributed by atoms with Crippen LogP contribution in [0.2, 0.25) is 0 Å². The number of rotatable bonds is 6. The Hall–Kier alpha value is -1.36. The van der Waals surface area contributed by atoms with Gasteiger partial charge >= 0.3 is 0 Å². The molecule has 17 heavy (non-hydrogen) atoms. The lowest BCUT2D eigenvalue weighted by atomic mass is 10.3. The van der Waals surface area contributed by atoms with Gasteiger partial charge in [0.2, 0.25) is 0 Å². The van der Waals surface area contributed by atoms with Gasteiger partial charge in [-0.15, -0.1) is 16.7 Å². The van der Waals surface area contributed by atoms with Crippen LogP contribution in [0.1, 0.15) is 24.9 Å². The minimum atomic E-state index is 0.660. The highest BCUT2D eigenvalue weighted by atomic mass is 35.5. The van der Waals surface area contributed by atoms with E-state index in [4.69, 9.17) is 11.6 Å². The van der Waals surface area contributed by atoms with Gasteiger partial charge in [-0.05, 0) is 19.8 Å². The molecular formula is C11H16ClN5. The Labute approximate surface area is 105 Å². The highest BCUT2D eigenvalue weighted by Crippen LogP contribution is 2.03. The molecule has 0 saturated carbocycles. The first-order valence-electron chi connectivity index (χ1n) is 5.78. The van der Waals surface area contributed by atoms with Crippen molar-refractivity contribution in [3.63, 3.8) is 0 Å². The lowest BCUT2D eigenvalue weighted by Gasteiger charge is -2.03. The van der Waals surface area contributed by atoms with Gasteiger partial charge in [-0.2, -0.15) is 0 Å². The molecule has 0 N–H and O–H groups in total. The molecule has 92 valence electrons.